The highest BCUT2D eigenvalue weighted by Crippen LogP contribution is 2.34. The zero-order valence-electron chi connectivity index (χ0n) is 10.7. The van der Waals surface area contributed by atoms with Gasteiger partial charge in [-0.15, -0.1) is 0 Å². The summed E-state index contributed by atoms with van der Waals surface area (Å²) in [4.78, 5) is 0. The van der Waals surface area contributed by atoms with Gasteiger partial charge in [-0.1, -0.05) is 49.6 Å². The molecule has 18 heavy (non-hydrogen) atoms. The van der Waals surface area contributed by atoms with Crippen LogP contribution in [0.3, 0.4) is 0 Å². The Morgan fingerprint density at radius 2 is 1.17 bits per heavy atom. The van der Waals surface area contributed by atoms with Gasteiger partial charge in [0.1, 0.15) is 0 Å². The van der Waals surface area contributed by atoms with Crippen LogP contribution in [-0.2, 0) is 12.8 Å². The fourth-order valence-corrected chi connectivity index (χ4v) is 2.90. The molecule has 0 spiro atoms. The summed E-state index contributed by atoms with van der Waals surface area (Å²) in [5.41, 5.74) is 8.48. The van der Waals surface area contributed by atoms with Crippen molar-refractivity contribution in [2.45, 2.75) is 25.7 Å². The Kier molecular flexibility index (Phi) is 2.79. The van der Waals surface area contributed by atoms with Gasteiger partial charge in [-0.2, -0.15) is 0 Å². The minimum absolute atomic E-state index is 1.12. The van der Waals surface area contributed by atoms with E-state index in [1.165, 1.54) is 33.4 Å². The zero-order chi connectivity index (χ0) is 12.5. The van der Waals surface area contributed by atoms with Crippen molar-refractivity contribution in [2.24, 2.45) is 0 Å². The summed E-state index contributed by atoms with van der Waals surface area (Å²) in [6, 6.07) is 4.61. The lowest BCUT2D eigenvalue weighted by Gasteiger charge is -2.22. The van der Waals surface area contributed by atoms with Crippen molar-refractivity contribution < 1.29 is 0 Å². The van der Waals surface area contributed by atoms with Gasteiger partial charge in [0.05, 0.1) is 0 Å². The normalized spacial score (nSPS) is 17.1. The number of hydrogen-bond acceptors (Lipinski definition) is 0. The van der Waals surface area contributed by atoms with E-state index in [1.807, 2.05) is 12.2 Å². The maximum Gasteiger partial charge on any atom is -0.0146 e. The molecule has 0 aromatic heterocycles. The van der Waals surface area contributed by atoms with E-state index in [9.17, 15) is 0 Å². The molecule has 0 radical (unpaired) electrons. The molecular formula is C18H18. The molecule has 0 unspecified atom stereocenters. The predicted molar refractivity (Wildman–Crippen MR) is 79.4 cm³/mol. The molecule has 0 atom stereocenters. The third kappa shape index (κ3) is 1.78. The molecule has 0 N–H and O–H groups in total. The molecule has 3 rings (SSSR count). The highest BCUT2D eigenvalue weighted by atomic mass is 14.2. The van der Waals surface area contributed by atoms with Gasteiger partial charge >= 0.3 is 0 Å². The minimum Gasteiger partial charge on any atom is -0.0988 e. The first-order valence-electron chi connectivity index (χ1n) is 6.62. The largest absolute Gasteiger partial charge is 0.0988 e. The summed E-state index contributed by atoms with van der Waals surface area (Å²) < 4.78 is 0. The Bertz CT molecular complexity index is 529. The lowest BCUT2D eigenvalue weighted by molar-refractivity contribution is 0.920. The van der Waals surface area contributed by atoms with E-state index >= 15 is 0 Å². The highest BCUT2D eigenvalue weighted by Gasteiger charge is 2.17. The maximum absolute atomic E-state index is 3.90. The van der Waals surface area contributed by atoms with E-state index in [2.05, 4.69) is 37.4 Å². The second-order valence-electron chi connectivity index (χ2n) is 5.06. The Labute approximate surface area is 109 Å². The molecule has 1 aromatic rings. The first-order valence-corrected chi connectivity index (χ1v) is 6.62. The van der Waals surface area contributed by atoms with Crippen molar-refractivity contribution in [1.29, 1.82) is 0 Å². The zero-order valence-corrected chi connectivity index (χ0v) is 10.7. The molecule has 0 fully saturated rings. The van der Waals surface area contributed by atoms with Gasteiger partial charge in [0.2, 0.25) is 0 Å². The number of allylic oxidation sites excluding steroid dienone is 4. The van der Waals surface area contributed by atoms with Gasteiger partial charge in [0.15, 0.2) is 0 Å². The first kappa shape index (κ1) is 11.3. The van der Waals surface area contributed by atoms with Crippen LogP contribution in [0.1, 0.15) is 35.1 Å². The van der Waals surface area contributed by atoms with E-state index in [0.717, 1.165) is 25.7 Å². The topological polar surface area (TPSA) is 0 Å². The van der Waals surface area contributed by atoms with Crippen LogP contribution in [0, 0.1) is 0 Å². The Balaban J connectivity index is 2.20. The van der Waals surface area contributed by atoms with Crippen LogP contribution >= 0.6 is 0 Å². The smallest absolute Gasteiger partial charge is 0.0146 e. The van der Waals surface area contributed by atoms with E-state index in [4.69, 9.17) is 0 Å². The van der Waals surface area contributed by atoms with Gasteiger partial charge in [0.25, 0.3) is 0 Å². The number of benzene rings is 1. The number of aryl methyl sites for hydroxylation is 2. The van der Waals surface area contributed by atoms with Crippen molar-refractivity contribution in [3.63, 3.8) is 0 Å². The van der Waals surface area contributed by atoms with E-state index in [-0.39, 0.29) is 0 Å². The number of rotatable bonds is 2. The Morgan fingerprint density at radius 3 is 1.56 bits per heavy atom. The summed E-state index contributed by atoms with van der Waals surface area (Å²) in [6.45, 7) is 7.80. The van der Waals surface area contributed by atoms with Crippen molar-refractivity contribution in [2.75, 3.05) is 0 Å². The second-order valence-corrected chi connectivity index (χ2v) is 5.06. The van der Waals surface area contributed by atoms with Crippen LogP contribution in [0.15, 0.2) is 48.6 Å². The Morgan fingerprint density at radius 1 is 0.722 bits per heavy atom. The molecule has 0 saturated carbocycles. The van der Waals surface area contributed by atoms with Crippen LogP contribution in [0.4, 0.5) is 0 Å². The Hall–Kier alpha value is -1.82. The van der Waals surface area contributed by atoms with Crippen molar-refractivity contribution in [3.05, 3.63) is 70.8 Å². The summed E-state index contributed by atoms with van der Waals surface area (Å²) in [5.74, 6) is 0. The first-order chi connectivity index (χ1) is 8.81. The lowest BCUT2D eigenvalue weighted by atomic mass is 9.82. The lowest BCUT2D eigenvalue weighted by Crippen LogP contribution is -2.06. The van der Waals surface area contributed by atoms with Gasteiger partial charge in [-0.25, -0.2) is 0 Å². The van der Waals surface area contributed by atoms with Gasteiger partial charge in [-0.05, 0) is 59.1 Å². The summed E-state index contributed by atoms with van der Waals surface area (Å²) >= 11 is 0. The number of fused-ring (bicyclic) bond motifs is 3. The number of hydrogen-bond donors (Lipinski definition) is 0. The van der Waals surface area contributed by atoms with Gasteiger partial charge in [0, 0.05) is 0 Å². The fraction of sp³-hybridized carbons (Fsp3) is 0.222. The van der Waals surface area contributed by atoms with Crippen LogP contribution in [0.2, 0.25) is 0 Å². The maximum atomic E-state index is 3.90. The molecule has 90 valence electrons. The van der Waals surface area contributed by atoms with Crippen LogP contribution in [0.25, 0.3) is 12.2 Å². The molecular weight excluding hydrogens is 216 g/mol. The highest BCUT2D eigenvalue weighted by molar-refractivity contribution is 5.76. The summed E-state index contributed by atoms with van der Waals surface area (Å²) in [5, 5.41) is 0. The predicted octanol–water partition coefficient (Wildman–Crippen LogP) is 4.72. The third-order valence-corrected chi connectivity index (χ3v) is 4.02. The average molecular weight is 234 g/mol. The SMILES string of the molecule is C=CC1=Cc2c(ccc3c2C=C(C=C)CC3)CC1. The molecule has 0 saturated heterocycles. The standard InChI is InChI=1S/C18H18/c1-3-13-5-7-15-9-10-16-8-6-14(4-2)12-18(16)17(15)11-13/h3-4,9-12H,1-2,5-8H2. The van der Waals surface area contributed by atoms with E-state index in [0.29, 0.717) is 0 Å². The van der Waals surface area contributed by atoms with Gasteiger partial charge < -0.3 is 0 Å². The fourth-order valence-electron chi connectivity index (χ4n) is 2.90. The quantitative estimate of drug-likeness (QED) is 0.694. The van der Waals surface area contributed by atoms with Crippen molar-refractivity contribution in [3.8, 4) is 0 Å². The molecule has 2 aliphatic rings. The molecule has 0 heterocycles. The second kappa shape index (κ2) is 4.45. The van der Waals surface area contributed by atoms with Crippen molar-refractivity contribution >= 4 is 12.2 Å². The molecule has 2 aliphatic carbocycles. The molecule has 0 amide bonds. The van der Waals surface area contributed by atoms with E-state index < -0.39 is 0 Å². The van der Waals surface area contributed by atoms with Crippen LogP contribution < -0.4 is 0 Å². The summed E-state index contributed by atoms with van der Waals surface area (Å²) in [6.07, 6.45) is 13.1. The summed E-state index contributed by atoms with van der Waals surface area (Å²) in [7, 11) is 0. The average Bonchev–Trinajstić information content (AvgIpc) is 2.45. The minimum atomic E-state index is 1.12. The molecule has 0 nitrogen and oxygen atoms in total. The molecule has 1 aromatic carbocycles. The molecule has 0 bridgehead atoms. The monoisotopic (exact) mass is 234 g/mol. The van der Waals surface area contributed by atoms with Crippen molar-refractivity contribution in [1.82, 2.24) is 0 Å². The van der Waals surface area contributed by atoms with Crippen LogP contribution in [-0.4, -0.2) is 0 Å². The third-order valence-electron chi connectivity index (χ3n) is 4.02. The van der Waals surface area contributed by atoms with E-state index in [1.54, 1.807) is 0 Å². The molecule has 0 aliphatic heterocycles. The van der Waals surface area contributed by atoms with Gasteiger partial charge in [-0.3, -0.25) is 0 Å². The molecule has 0 heteroatoms. The van der Waals surface area contributed by atoms with Crippen LogP contribution in [0.5, 0.6) is 0 Å².